The summed E-state index contributed by atoms with van der Waals surface area (Å²) in [6, 6.07) is 0.708. The maximum absolute atomic E-state index is 8.66. The molecule has 1 fully saturated rings. The fraction of sp³-hybridized carbons (Fsp3) is 0.923. The Balaban J connectivity index is 2.08. The predicted octanol–water partition coefficient (Wildman–Crippen LogP) is 2.32. The SMILES string of the molecule is CC(C)(CCCCNC1CC1(C)C)C(N)=NO. The van der Waals surface area contributed by atoms with E-state index in [0.29, 0.717) is 17.3 Å². The molecule has 0 aromatic heterocycles. The molecule has 1 atom stereocenters. The molecule has 0 heterocycles. The standard InChI is InChI=1S/C13H27N3O/c1-12(2,11(14)16-17)7-5-6-8-15-10-9-13(10,3)4/h10,15,17H,5-9H2,1-4H3,(H2,14,16). The molecule has 4 N–H and O–H groups in total. The van der Waals surface area contributed by atoms with Gasteiger partial charge in [0.05, 0.1) is 0 Å². The fourth-order valence-electron chi connectivity index (χ4n) is 2.05. The van der Waals surface area contributed by atoms with E-state index >= 15 is 0 Å². The summed E-state index contributed by atoms with van der Waals surface area (Å²) in [4.78, 5) is 0. The minimum absolute atomic E-state index is 0.201. The van der Waals surface area contributed by atoms with E-state index in [1.165, 1.54) is 6.42 Å². The lowest BCUT2D eigenvalue weighted by Gasteiger charge is -2.22. The number of nitrogens with two attached hydrogens (primary N) is 1. The van der Waals surface area contributed by atoms with Crippen LogP contribution in [0.3, 0.4) is 0 Å². The first kappa shape index (κ1) is 14.3. The topological polar surface area (TPSA) is 70.6 Å². The lowest BCUT2D eigenvalue weighted by molar-refractivity contribution is 0.304. The van der Waals surface area contributed by atoms with E-state index in [1.807, 2.05) is 13.8 Å². The second-order valence-corrected chi connectivity index (χ2v) is 6.53. The van der Waals surface area contributed by atoms with Gasteiger partial charge in [-0.3, -0.25) is 0 Å². The van der Waals surface area contributed by atoms with Gasteiger partial charge in [0.15, 0.2) is 0 Å². The number of nitrogens with one attached hydrogen (secondary N) is 1. The Morgan fingerprint density at radius 3 is 2.53 bits per heavy atom. The van der Waals surface area contributed by atoms with Gasteiger partial charge in [0.25, 0.3) is 0 Å². The maximum Gasteiger partial charge on any atom is 0.144 e. The first-order chi connectivity index (χ1) is 7.79. The van der Waals surface area contributed by atoms with Crippen LogP contribution in [0.2, 0.25) is 0 Å². The summed E-state index contributed by atoms with van der Waals surface area (Å²) in [5, 5.41) is 15.3. The Morgan fingerprint density at radius 1 is 1.47 bits per heavy atom. The van der Waals surface area contributed by atoms with Gasteiger partial charge in [0, 0.05) is 11.5 Å². The molecular formula is C13H27N3O. The van der Waals surface area contributed by atoms with E-state index in [-0.39, 0.29) is 5.41 Å². The van der Waals surface area contributed by atoms with Crippen LogP contribution >= 0.6 is 0 Å². The van der Waals surface area contributed by atoms with Crippen molar-refractivity contribution in [2.75, 3.05) is 6.54 Å². The molecule has 4 nitrogen and oxygen atoms in total. The number of oxime groups is 1. The van der Waals surface area contributed by atoms with Crippen molar-refractivity contribution < 1.29 is 5.21 Å². The van der Waals surface area contributed by atoms with Gasteiger partial charge in [-0.2, -0.15) is 0 Å². The van der Waals surface area contributed by atoms with Crippen molar-refractivity contribution in [1.82, 2.24) is 5.32 Å². The van der Waals surface area contributed by atoms with Crippen LogP contribution in [0.1, 0.15) is 53.4 Å². The number of hydrogen-bond acceptors (Lipinski definition) is 3. The highest BCUT2D eigenvalue weighted by Crippen LogP contribution is 2.44. The van der Waals surface area contributed by atoms with Gasteiger partial charge in [-0.05, 0) is 31.2 Å². The zero-order valence-electron chi connectivity index (χ0n) is 11.6. The van der Waals surface area contributed by atoms with Crippen LogP contribution in [0.4, 0.5) is 0 Å². The predicted molar refractivity (Wildman–Crippen MR) is 71.2 cm³/mol. The third kappa shape index (κ3) is 4.19. The number of amidine groups is 1. The summed E-state index contributed by atoms with van der Waals surface area (Å²) in [5.74, 6) is 0.328. The number of rotatable bonds is 7. The summed E-state index contributed by atoms with van der Waals surface area (Å²) < 4.78 is 0. The highest BCUT2D eigenvalue weighted by Gasteiger charge is 2.44. The number of unbranched alkanes of at least 4 members (excludes halogenated alkanes) is 1. The monoisotopic (exact) mass is 241 g/mol. The molecule has 0 spiro atoms. The Labute approximate surface area is 105 Å². The van der Waals surface area contributed by atoms with Crippen molar-refractivity contribution in [3.8, 4) is 0 Å². The van der Waals surface area contributed by atoms with Crippen molar-refractivity contribution in [3.63, 3.8) is 0 Å². The lowest BCUT2D eigenvalue weighted by atomic mass is 9.86. The third-order valence-electron chi connectivity index (χ3n) is 3.93. The van der Waals surface area contributed by atoms with Crippen molar-refractivity contribution in [2.24, 2.45) is 21.7 Å². The van der Waals surface area contributed by atoms with E-state index in [1.54, 1.807) is 0 Å². The highest BCUT2D eigenvalue weighted by atomic mass is 16.4. The van der Waals surface area contributed by atoms with Gasteiger partial charge >= 0.3 is 0 Å². The second kappa shape index (κ2) is 5.25. The molecule has 0 aliphatic heterocycles. The quantitative estimate of drug-likeness (QED) is 0.211. The van der Waals surface area contributed by atoms with Gasteiger partial charge in [-0.1, -0.05) is 39.3 Å². The van der Waals surface area contributed by atoms with Crippen LogP contribution in [0, 0.1) is 10.8 Å². The Hall–Kier alpha value is -0.770. The normalized spacial score (nSPS) is 23.8. The lowest BCUT2D eigenvalue weighted by Crippen LogP contribution is -2.32. The molecule has 0 amide bonds. The minimum atomic E-state index is -0.201. The van der Waals surface area contributed by atoms with Crippen molar-refractivity contribution in [1.29, 1.82) is 0 Å². The van der Waals surface area contributed by atoms with Crippen LogP contribution in [0.25, 0.3) is 0 Å². The van der Waals surface area contributed by atoms with Crippen molar-refractivity contribution >= 4 is 5.84 Å². The second-order valence-electron chi connectivity index (χ2n) is 6.53. The van der Waals surface area contributed by atoms with Crippen molar-refractivity contribution in [3.05, 3.63) is 0 Å². The summed E-state index contributed by atoms with van der Waals surface area (Å²) >= 11 is 0. The van der Waals surface area contributed by atoms with Crippen LogP contribution in [-0.2, 0) is 0 Å². The Kier molecular flexibility index (Phi) is 4.42. The third-order valence-corrected chi connectivity index (χ3v) is 3.93. The average Bonchev–Trinajstić information content (AvgIpc) is 2.84. The molecule has 0 aromatic carbocycles. The van der Waals surface area contributed by atoms with Gasteiger partial charge < -0.3 is 16.3 Å². The Bertz CT molecular complexity index is 284. The molecule has 17 heavy (non-hydrogen) atoms. The summed E-state index contributed by atoms with van der Waals surface area (Å²) in [6.07, 6.45) is 4.50. The van der Waals surface area contributed by atoms with Crippen LogP contribution in [0.15, 0.2) is 5.16 Å². The highest BCUT2D eigenvalue weighted by molar-refractivity contribution is 5.85. The smallest absolute Gasteiger partial charge is 0.144 e. The summed E-state index contributed by atoms with van der Waals surface area (Å²) in [6.45, 7) is 9.69. The van der Waals surface area contributed by atoms with Gasteiger partial charge in [-0.15, -0.1) is 0 Å². The van der Waals surface area contributed by atoms with E-state index in [9.17, 15) is 0 Å². The molecule has 1 aliphatic carbocycles. The first-order valence-corrected chi connectivity index (χ1v) is 6.51. The molecule has 1 saturated carbocycles. The van der Waals surface area contributed by atoms with Crippen LogP contribution < -0.4 is 11.1 Å². The molecule has 0 bridgehead atoms. The zero-order chi connectivity index (χ0) is 13.1. The van der Waals surface area contributed by atoms with Gasteiger partial charge in [-0.25, -0.2) is 0 Å². The van der Waals surface area contributed by atoms with Crippen molar-refractivity contribution in [2.45, 2.75) is 59.4 Å². The van der Waals surface area contributed by atoms with Gasteiger partial charge in [0.2, 0.25) is 0 Å². The summed E-state index contributed by atoms with van der Waals surface area (Å²) in [5.41, 5.74) is 5.95. The van der Waals surface area contributed by atoms with E-state index < -0.39 is 0 Å². The van der Waals surface area contributed by atoms with E-state index in [4.69, 9.17) is 10.9 Å². The van der Waals surface area contributed by atoms with Gasteiger partial charge in [0.1, 0.15) is 5.84 Å². The number of nitrogens with zero attached hydrogens (tertiary/aromatic N) is 1. The zero-order valence-corrected chi connectivity index (χ0v) is 11.6. The molecule has 0 saturated heterocycles. The van der Waals surface area contributed by atoms with Crippen LogP contribution in [-0.4, -0.2) is 23.6 Å². The summed E-state index contributed by atoms with van der Waals surface area (Å²) in [7, 11) is 0. The molecule has 4 heteroatoms. The molecular weight excluding hydrogens is 214 g/mol. The first-order valence-electron chi connectivity index (χ1n) is 6.51. The van der Waals surface area contributed by atoms with E-state index in [0.717, 1.165) is 25.8 Å². The largest absolute Gasteiger partial charge is 0.409 e. The minimum Gasteiger partial charge on any atom is -0.409 e. The molecule has 0 radical (unpaired) electrons. The molecule has 1 unspecified atom stereocenters. The van der Waals surface area contributed by atoms with E-state index in [2.05, 4.69) is 24.3 Å². The molecule has 1 aliphatic rings. The Morgan fingerprint density at radius 2 is 2.06 bits per heavy atom. The average molecular weight is 241 g/mol. The number of hydrogen-bond donors (Lipinski definition) is 3. The van der Waals surface area contributed by atoms with Crippen LogP contribution in [0.5, 0.6) is 0 Å². The molecule has 1 rings (SSSR count). The maximum atomic E-state index is 8.66. The molecule has 100 valence electrons. The molecule has 0 aromatic rings. The fourth-order valence-corrected chi connectivity index (χ4v) is 2.05.